The van der Waals surface area contributed by atoms with E-state index in [0.717, 1.165) is 9.99 Å². The molecule has 0 aliphatic carbocycles. The van der Waals surface area contributed by atoms with Crippen LogP contribution in [0.3, 0.4) is 0 Å². The number of carbonyl (C=O) groups excluding carboxylic acids is 1. The van der Waals surface area contributed by atoms with Gasteiger partial charge in [0.05, 0.1) is 5.56 Å². The first-order chi connectivity index (χ1) is 8.08. The quantitative estimate of drug-likeness (QED) is 0.711. The van der Waals surface area contributed by atoms with E-state index in [9.17, 15) is 9.90 Å². The van der Waals surface area contributed by atoms with E-state index in [1.165, 1.54) is 6.07 Å². The van der Waals surface area contributed by atoms with E-state index in [1.54, 1.807) is 12.1 Å². The maximum Gasteiger partial charge on any atom is 0.255 e. The highest BCUT2D eigenvalue weighted by Crippen LogP contribution is 2.19. The van der Waals surface area contributed by atoms with Gasteiger partial charge in [0.1, 0.15) is 5.75 Å². The monoisotopic (exact) mass is 349 g/mol. The van der Waals surface area contributed by atoms with Gasteiger partial charge in [-0.15, -0.1) is 0 Å². The van der Waals surface area contributed by atoms with Crippen LogP contribution in [0.2, 0.25) is 0 Å². The van der Waals surface area contributed by atoms with Gasteiger partial charge in [0, 0.05) is 16.2 Å². The van der Waals surface area contributed by atoms with Crippen molar-refractivity contribution >= 4 is 28.5 Å². The lowest BCUT2D eigenvalue weighted by Gasteiger charge is -2.16. The summed E-state index contributed by atoms with van der Waals surface area (Å²) in [6.07, 6.45) is 1.27. The van der Waals surface area contributed by atoms with Gasteiger partial charge in [0.2, 0.25) is 0 Å². The number of aromatic hydroxyl groups is 1. The van der Waals surface area contributed by atoms with E-state index in [-0.39, 0.29) is 29.9 Å². The molecule has 0 spiro atoms. The fraction of sp³-hybridized carbons (Fsp3) is 0.417. The molecule has 0 bridgehead atoms. The zero-order valence-electron chi connectivity index (χ0n) is 9.61. The SMILES string of the molecule is CCC(CCO)NC(=O)c1cc(I)ccc1O. The topological polar surface area (TPSA) is 69.6 Å². The number of phenolic OH excluding ortho intramolecular Hbond substituents is 1. The van der Waals surface area contributed by atoms with Crippen molar-refractivity contribution in [2.45, 2.75) is 25.8 Å². The molecule has 3 N–H and O–H groups in total. The summed E-state index contributed by atoms with van der Waals surface area (Å²) < 4.78 is 0.890. The minimum absolute atomic E-state index is 0.0261. The lowest BCUT2D eigenvalue weighted by Crippen LogP contribution is -2.35. The number of hydrogen-bond acceptors (Lipinski definition) is 3. The minimum atomic E-state index is -0.304. The van der Waals surface area contributed by atoms with Gasteiger partial charge in [0.15, 0.2) is 0 Å². The molecule has 1 aromatic rings. The Morgan fingerprint density at radius 3 is 2.82 bits per heavy atom. The second-order valence-electron chi connectivity index (χ2n) is 3.75. The van der Waals surface area contributed by atoms with Gasteiger partial charge < -0.3 is 15.5 Å². The number of aliphatic hydroxyl groups excluding tert-OH is 1. The van der Waals surface area contributed by atoms with Gasteiger partial charge >= 0.3 is 0 Å². The first-order valence-corrected chi connectivity index (χ1v) is 6.56. The molecule has 1 atom stereocenters. The number of benzene rings is 1. The van der Waals surface area contributed by atoms with Crippen molar-refractivity contribution in [1.82, 2.24) is 5.32 Å². The molecule has 0 aliphatic heterocycles. The predicted molar refractivity (Wildman–Crippen MR) is 74.1 cm³/mol. The van der Waals surface area contributed by atoms with E-state index in [4.69, 9.17) is 5.11 Å². The van der Waals surface area contributed by atoms with Crippen LogP contribution in [0.1, 0.15) is 30.1 Å². The number of aliphatic hydroxyl groups is 1. The third-order valence-corrected chi connectivity index (χ3v) is 3.18. The lowest BCUT2D eigenvalue weighted by atomic mass is 10.1. The molecule has 0 saturated heterocycles. The first kappa shape index (κ1) is 14.2. The Hall–Kier alpha value is -0.820. The second-order valence-corrected chi connectivity index (χ2v) is 5.00. The average molecular weight is 349 g/mol. The minimum Gasteiger partial charge on any atom is -0.507 e. The Morgan fingerprint density at radius 2 is 2.24 bits per heavy atom. The molecule has 1 amide bonds. The highest BCUT2D eigenvalue weighted by Gasteiger charge is 2.15. The molecule has 17 heavy (non-hydrogen) atoms. The molecule has 0 aromatic heterocycles. The van der Waals surface area contributed by atoms with Crippen molar-refractivity contribution in [3.63, 3.8) is 0 Å². The van der Waals surface area contributed by atoms with Gasteiger partial charge in [-0.3, -0.25) is 4.79 Å². The molecule has 0 radical (unpaired) electrons. The van der Waals surface area contributed by atoms with Crippen molar-refractivity contribution in [2.24, 2.45) is 0 Å². The number of halogens is 1. The zero-order valence-corrected chi connectivity index (χ0v) is 11.8. The zero-order chi connectivity index (χ0) is 12.8. The molecular weight excluding hydrogens is 333 g/mol. The van der Waals surface area contributed by atoms with Gasteiger partial charge in [-0.05, 0) is 53.6 Å². The Labute approximate surface area is 114 Å². The van der Waals surface area contributed by atoms with Crippen molar-refractivity contribution < 1.29 is 15.0 Å². The summed E-state index contributed by atoms with van der Waals surface area (Å²) in [4.78, 5) is 11.9. The molecule has 0 aliphatic rings. The lowest BCUT2D eigenvalue weighted by molar-refractivity contribution is 0.0926. The smallest absolute Gasteiger partial charge is 0.255 e. The summed E-state index contributed by atoms with van der Waals surface area (Å²) in [7, 11) is 0. The fourth-order valence-electron chi connectivity index (χ4n) is 1.49. The second kappa shape index (κ2) is 6.80. The van der Waals surface area contributed by atoms with E-state index >= 15 is 0 Å². The Morgan fingerprint density at radius 1 is 1.53 bits per heavy atom. The van der Waals surface area contributed by atoms with Crippen LogP contribution in [-0.2, 0) is 0 Å². The molecule has 4 nitrogen and oxygen atoms in total. The van der Waals surface area contributed by atoms with E-state index < -0.39 is 0 Å². The van der Waals surface area contributed by atoms with Crippen LogP contribution in [0.25, 0.3) is 0 Å². The van der Waals surface area contributed by atoms with Crippen molar-refractivity contribution in [3.8, 4) is 5.75 Å². The maximum atomic E-state index is 11.9. The van der Waals surface area contributed by atoms with Crippen molar-refractivity contribution in [3.05, 3.63) is 27.3 Å². The van der Waals surface area contributed by atoms with Gasteiger partial charge in [-0.2, -0.15) is 0 Å². The van der Waals surface area contributed by atoms with Gasteiger partial charge in [-0.1, -0.05) is 6.92 Å². The molecule has 1 unspecified atom stereocenters. The van der Waals surface area contributed by atoms with Gasteiger partial charge in [-0.25, -0.2) is 0 Å². The first-order valence-electron chi connectivity index (χ1n) is 5.48. The third-order valence-electron chi connectivity index (χ3n) is 2.51. The summed E-state index contributed by atoms with van der Waals surface area (Å²) >= 11 is 2.08. The highest BCUT2D eigenvalue weighted by atomic mass is 127. The average Bonchev–Trinajstić information content (AvgIpc) is 2.31. The van der Waals surface area contributed by atoms with Crippen LogP contribution in [0.4, 0.5) is 0 Å². The van der Waals surface area contributed by atoms with Crippen LogP contribution in [-0.4, -0.2) is 28.8 Å². The Balaban J connectivity index is 2.78. The van der Waals surface area contributed by atoms with E-state index in [0.29, 0.717) is 6.42 Å². The number of phenols is 1. The standard InChI is InChI=1S/C12H16INO3/c1-2-9(5-6-15)14-12(17)10-7-8(13)3-4-11(10)16/h3-4,7,9,15-16H,2,5-6H2,1H3,(H,14,17). The largest absolute Gasteiger partial charge is 0.507 e. The van der Waals surface area contributed by atoms with Crippen LogP contribution in [0.15, 0.2) is 18.2 Å². The normalized spacial score (nSPS) is 12.2. The van der Waals surface area contributed by atoms with Crippen molar-refractivity contribution in [1.29, 1.82) is 0 Å². The van der Waals surface area contributed by atoms with Crippen LogP contribution in [0, 0.1) is 3.57 Å². The van der Waals surface area contributed by atoms with E-state index in [2.05, 4.69) is 27.9 Å². The summed E-state index contributed by atoms with van der Waals surface area (Å²) in [5.74, 6) is -0.330. The number of carbonyl (C=O) groups is 1. The fourth-order valence-corrected chi connectivity index (χ4v) is 1.98. The maximum absolute atomic E-state index is 11.9. The molecule has 0 fully saturated rings. The molecule has 1 aromatic carbocycles. The van der Waals surface area contributed by atoms with Crippen LogP contribution >= 0.6 is 22.6 Å². The number of nitrogens with one attached hydrogen (secondary N) is 1. The third kappa shape index (κ3) is 4.16. The Bertz CT molecular complexity index is 395. The Kier molecular flexibility index (Phi) is 5.70. The van der Waals surface area contributed by atoms with Crippen molar-refractivity contribution in [2.75, 3.05) is 6.61 Å². The van der Waals surface area contributed by atoms with E-state index in [1.807, 2.05) is 6.92 Å². The summed E-state index contributed by atoms with van der Waals surface area (Å²) in [6, 6.07) is 4.81. The highest BCUT2D eigenvalue weighted by molar-refractivity contribution is 14.1. The predicted octanol–water partition coefficient (Wildman–Crippen LogP) is 1.89. The molecule has 0 saturated carbocycles. The number of amides is 1. The summed E-state index contributed by atoms with van der Waals surface area (Å²) in [5.41, 5.74) is 0.272. The summed E-state index contributed by atoms with van der Waals surface area (Å²) in [6.45, 7) is 1.98. The summed E-state index contributed by atoms with van der Waals surface area (Å²) in [5, 5.41) is 21.2. The number of hydrogen-bond donors (Lipinski definition) is 3. The molecule has 1 rings (SSSR count). The van der Waals surface area contributed by atoms with Crippen LogP contribution < -0.4 is 5.32 Å². The molecule has 94 valence electrons. The number of rotatable bonds is 5. The molecule has 5 heteroatoms. The van der Waals surface area contributed by atoms with Crippen LogP contribution in [0.5, 0.6) is 5.75 Å². The molecular formula is C12H16INO3. The molecule has 0 heterocycles. The van der Waals surface area contributed by atoms with Gasteiger partial charge in [0.25, 0.3) is 5.91 Å².